The molecule has 11 heteroatoms. The third-order valence-electron chi connectivity index (χ3n) is 6.79. The van der Waals surface area contributed by atoms with Gasteiger partial charge in [-0.2, -0.15) is 0 Å². The van der Waals surface area contributed by atoms with E-state index < -0.39 is 28.5 Å². The molecule has 1 atom stereocenters. The predicted molar refractivity (Wildman–Crippen MR) is 159 cm³/mol. The SMILES string of the molecule is COc1ccc(CN(C(=O)CN(c2ccc3c(c2)OCCO3)S(=O)(=O)c2ccccc2)[C@@H](C)C(=O)NCC(C)C)cc1. The van der Waals surface area contributed by atoms with Gasteiger partial charge in [-0.25, -0.2) is 8.42 Å². The highest BCUT2D eigenvalue weighted by atomic mass is 32.2. The van der Waals surface area contributed by atoms with Crippen molar-refractivity contribution in [3.63, 3.8) is 0 Å². The van der Waals surface area contributed by atoms with E-state index >= 15 is 0 Å². The molecule has 0 bridgehead atoms. The smallest absolute Gasteiger partial charge is 0.264 e. The molecule has 3 aromatic carbocycles. The Morgan fingerprint density at radius 2 is 1.60 bits per heavy atom. The largest absolute Gasteiger partial charge is 0.497 e. The molecule has 1 heterocycles. The number of ether oxygens (including phenoxy) is 3. The number of nitrogens with one attached hydrogen (secondary N) is 1. The third-order valence-corrected chi connectivity index (χ3v) is 8.58. The Morgan fingerprint density at radius 3 is 2.24 bits per heavy atom. The van der Waals surface area contributed by atoms with E-state index in [0.29, 0.717) is 37.0 Å². The summed E-state index contributed by atoms with van der Waals surface area (Å²) < 4.78 is 45.5. The van der Waals surface area contributed by atoms with Crippen LogP contribution >= 0.6 is 0 Å². The molecule has 0 unspecified atom stereocenters. The minimum atomic E-state index is -4.19. The highest BCUT2D eigenvalue weighted by Crippen LogP contribution is 2.36. The number of carbonyl (C=O) groups excluding carboxylic acids is 2. The van der Waals surface area contributed by atoms with Crippen molar-refractivity contribution in [1.82, 2.24) is 10.2 Å². The van der Waals surface area contributed by atoms with Gasteiger partial charge in [-0.15, -0.1) is 0 Å². The van der Waals surface area contributed by atoms with Gasteiger partial charge in [-0.1, -0.05) is 44.2 Å². The summed E-state index contributed by atoms with van der Waals surface area (Å²) in [5.74, 6) is 0.863. The molecule has 0 aliphatic carbocycles. The molecule has 3 aromatic rings. The molecule has 2 amide bonds. The van der Waals surface area contributed by atoms with Crippen molar-refractivity contribution in [2.45, 2.75) is 38.3 Å². The molecular weight excluding hydrogens is 558 g/mol. The van der Waals surface area contributed by atoms with Crippen LogP contribution in [0.1, 0.15) is 26.3 Å². The van der Waals surface area contributed by atoms with E-state index in [0.717, 1.165) is 9.87 Å². The number of benzene rings is 3. The van der Waals surface area contributed by atoms with Crippen molar-refractivity contribution in [3.8, 4) is 17.2 Å². The first kappa shape index (κ1) is 30.7. The zero-order valence-corrected chi connectivity index (χ0v) is 25.1. The first-order chi connectivity index (χ1) is 20.1. The van der Waals surface area contributed by atoms with Crippen LogP contribution < -0.4 is 23.8 Å². The van der Waals surface area contributed by atoms with E-state index in [2.05, 4.69) is 5.32 Å². The van der Waals surface area contributed by atoms with E-state index in [1.54, 1.807) is 74.7 Å². The Bertz CT molecular complexity index is 1480. The molecule has 1 aliphatic rings. The number of anilines is 1. The van der Waals surface area contributed by atoms with Crippen LogP contribution in [-0.4, -0.2) is 64.6 Å². The number of nitrogens with zero attached hydrogens (tertiary/aromatic N) is 2. The average Bonchev–Trinajstić information content (AvgIpc) is 3.01. The standard InChI is InChI=1S/C31H37N3O7S/c1-22(2)19-32-31(36)23(3)33(20-24-10-13-26(39-4)14-11-24)30(35)21-34(42(37,38)27-8-6-5-7-9-27)25-12-15-28-29(18-25)41-17-16-40-28/h5-15,18,22-23H,16-17,19-21H2,1-4H3,(H,32,36)/t23-/m0/s1. The molecule has 10 nitrogen and oxygen atoms in total. The zero-order chi connectivity index (χ0) is 30.3. The Labute approximate surface area is 247 Å². The number of methoxy groups -OCH3 is 1. The van der Waals surface area contributed by atoms with E-state index in [9.17, 15) is 18.0 Å². The summed E-state index contributed by atoms with van der Waals surface area (Å²) in [6.45, 7) is 6.27. The lowest BCUT2D eigenvalue weighted by Crippen LogP contribution is -2.51. The van der Waals surface area contributed by atoms with Gasteiger partial charge in [-0.3, -0.25) is 13.9 Å². The molecule has 0 aromatic heterocycles. The molecule has 0 saturated heterocycles. The normalized spacial score (nSPS) is 13.3. The Hall–Kier alpha value is -4.25. The number of sulfonamides is 1. The maximum Gasteiger partial charge on any atom is 0.264 e. The van der Waals surface area contributed by atoms with Gasteiger partial charge in [0.1, 0.15) is 31.5 Å². The minimum Gasteiger partial charge on any atom is -0.497 e. The van der Waals surface area contributed by atoms with E-state index in [-0.39, 0.29) is 29.0 Å². The maximum atomic E-state index is 14.1. The van der Waals surface area contributed by atoms with Crippen molar-refractivity contribution in [1.29, 1.82) is 0 Å². The fraction of sp³-hybridized carbons (Fsp3) is 0.355. The van der Waals surface area contributed by atoms with Crippen molar-refractivity contribution < 1.29 is 32.2 Å². The van der Waals surface area contributed by atoms with E-state index in [4.69, 9.17) is 14.2 Å². The number of fused-ring (bicyclic) bond motifs is 1. The van der Waals surface area contributed by atoms with Crippen LogP contribution in [0, 0.1) is 5.92 Å². The van der Waals surface area contributed by atoms with Gasteiger partial charge in [0.15, 0.2) is 11.5 Å². The molecule has 1 N–H and O–H groups in total. The Kier molecular flexibility index (Phi) is 9.95. The first-order valence-corrected chi connectivity index (χ1v) is 15.2. The van der Waals surface area contributed by atoms with Gasteiger partial charge in [0.05, 0.1) is 17.7 Å². The number of rotatable bonds is 12. The second-order valence-corrected chi connectivity index (χ2v) is 12.2. The number of carbonyl (C=O) groups is 2. The topological polar surface area (TPSA) is 114 Å². The summed E-state index contributed by atoms with van der Waals surface area (Å²) in [6, 6.07) is 18.9. The average molecular weight is 596 g/mol. The maximum absolute atomic E-state index is 14.1. The van der Waals surface area contributed by atoms with Gasteiger partial charge in [-0.05, 0) is 54.8 Å². The second kappa shape index (κ2) is 13.6. The lowest BCUT2D eigenvalue weighted by Gasteiger charge is -2.32. The summed E-state index contributed by atoms with van der Waals surface area (Å²) in [4.78, 5) is 28.6. The quantitative estimate of drug-likeness (QED) is 0.338. The molecule has 0 fully saturated rings. The fourth-order valence-electron chi connectivity index (χ4n) is 4.40. The number of hydrogen-bond acceptors (Lipinski definition) is 7. The minimum absolute atomic E-state index is 0.0251. The predicted octanol–water partition coefficient (Wildman–Crippen LogP) is 3.85. The van der Waals surface area contributed by atoms with Crippen LogP contribution in [0.2, 0.25) is 0 Å². The summed E-state index contributed by atoms with van der Waals surface area (Å²) in [5.41, 5.74) is 0.988. The summed E-state index contributed by atoms with van der Waals surface area (Å²) >= 11 is 0. The van der Waals surface area contributed by atoms with Crippen LogP contribution in [0.25, 0.3) is 0 Å². The highest BCUT2D eigenvalue weighted by Gasteiger charge is 2.33. The number of amides is 2. The van der Waals surface area contributed by atoms with Crippen molar-refractivity contribution in [2.24, 2.45) is 5.92 Å². The van der Waals surface area contributed by atoms with Crippen LogP contribution in [0.3, 0.4) is 0 Å². The Balaban J connectivity index is 1.71. The van der Waals surface area contributed by atoms with Gasteiger partial charge < -0.3 is 24.4 Å². The Morgan fingerprint density at radius 1 is 0.929 bits per heavy atom. The van der Waals surface area contributed by atoms with Crippen molar-refractivity contribution >= 4 is 27.5 Å². The summed E-state index contributed by atoms with van der Waals surface area (Å²) in [7, 11) is -2.63. The first-order valence-electron chi connectivity index (χ1n) is 13.8. The van der Waals surface area contributed by atoms with Gasteiger partial charge in [0.25, 0.3) is 10.0 Å². The van der Waals surface area contributed by atoms with E-state index in [1.165, 1.54) is 17.0 Å². The summed E-state index contributed by atoms with van der Waals surface area (Å²) in [5, 5.41) is 2.88. The van der Waals surface area contributed by atoms with Gasteiger partial charge >= 0.3 is 0 Å². The number of hydrogen-bond donors (Lipinski definition) is 1. The lowest BCUT2D eigenvalue weighted by molar-refractivity contribution is -0.139. The lowest BCUT2D eigenvalue weighted by atomic mass is 10.1. The van der Waals surface area contributed by atoms with Crippen LogP contribution in [0.5, 0.6) is 17.2 Å². The van der Waals surface area contributed by atoms with Crippen molar-refractivity contribution in [2.75, 3.05) is 37.7 Å². The van der Waals surface area contributed by atoms with Crippen LogP contribution in [-0.2, 0) is 26.2 Å². The summed E-state index contributed by atoms with van der Waals surface area (Å²) in [6.07, 6.45) is 0. The highest BCUT2D eigenvalue weighted by molar-refractivity contribution is 7.92. The molecule has 224 valence electrons. The third kappa shape index (κ3) is 7.33. The monoisotopic (exact) mass is 595 g/mol. The van der Waals surface area contributed by atoms with E-state index in [1.807, 2.05) is 13.8 Å². The molecule has 42 heavy (non-hydrogen) atoms. The molecule has 0 saturated carbocycles. The van der Waals surface area contributed by atoms with Crippen LogP contribution in [0.4, 0.5) is 5.69 Å². The molecule has 0 radical (unpaired) electrons. The fourth-order valence-corrected chi connectivity index (χ4v) is 5.83. The van der Waals surface area contributed by atoms with Gasteiger partial charge in [0, 0.05) is 19.2 Å². The molecular formula is C31H37N3O7S. The van der Waals surface area contributed by atoms with Crippen LogP contribution in [0.15, 0.2) is 77.7 Å². The molecule has 1 aliphatic heterocycles. The van der Waals surface area contributed by atoms with Crippen molar-refractivity contribution in [3.05, 3.63) is 78.4 Å². The molecule has 4 rings (SSSR count). The van der Waals surface area contributed by atoms with Gasteiger partial charge in [0.2, 0.25) is 11.8 Å². The second-order valence-electron chi connectivity index (χ2n) is 10.3. The zero-order valence-electron chi connectivity index (χ0n) is 24.3. The molecule has 0 spiro atoms.